The molecule has 5 heteroatoms. The molecule has 116 valence electrons. The highest BCUT2D eigenvalue weighted by atomic mass is 16.2. The number of rotatable bonds is 4. The van der Waals surface area contributed by atoms with Crippen LogP contribution in [0, 0.1) is 0 Å². The highest BCUT2D eigenvalue weighted by molar-refractivity contribution is 6.00. The molecule has 2 aromatic carbocycles. The normalized spacial score (nSPS) is 11.0. The number of para-hydroxylation sites is 2. The van der Waals surface area contributed by atoms with Crippen molar-refractivity contribution in [1.82, 2.24) is 9.99 Å². The third-order valence-electron chi connectivity index (χ3n) is 3.56. The van der Waals surface area contributed by atoms with E-state index in [2.05, 4.69) is 33.4 Å². The third kappa shape index (κ3) is 3.40. The number of hydrogen-bond acceptors (Lipinski definition) is 2. The SMILES string of the molecule is CCn1cc(/C=N/NC(=O)Nc2ccccc2)c2ccccc21. The minimum absolute atomic E-state index is 0.369. The van der Waals surface area contributed by atoms with Gasteiger partial charge in [-0.15, -0.1) is 0 Å². The van der Waals surface area contributed by atoms with Gasteiger partial charge in [-0.25, -0.2) is 10.2 Å². The molecule has 0 aliphatic heterocycles. The van der Waals surface area contributed by atoms with Crippen LogP contribution in [-0.2, 0) is 6.54 Å². The number of benzene rings is 2. The predicted molar refractivity (Wildman–Crippen MR) is 93.8 cm³/mol. The van der Waals surface area contributed by atoms with E-state index in [0.717, 1.165) is 28.7 Å². The number of amides is 2. The van der Waals surface area contributed by atoms with Gasteiger partial charge in [-0.3, -0.25) is 0 Å². The second-order valence-corrected chi connectivity index (χ2v) is 5.08. The van der Waals surface area contributed by atoms with E-state index in [0.29, 0.717) is 0 Å². The molecule has 3 aromatic rings. The molecule has 0 spiro atoms. The number of aryl methyl sites for hydroxylation is 1. The number of anilines is 1. The van der Waals surface area contributed by atoms with Gasteiger partial charge in [-0.1, -0.05) is 36.4 Å². The van der Waals surface area contributed by atoms with Gasteiger partial charge in [0.05, 0.1) is 6.21 Å². The summed E-state index contributed by atoms with van der Waals surface area (Å²) in [7, 11) is 0. The van der Waals surface area contributed by atoms with Crippen LogP contribution in [0.5, 0.6) is 0 Å². The van der Waals surface area contributed by atoms with E-state index in [1.807, 2.05) is 54.7 Å². The first-order valence-electron chi connectivity index (χ1n) is 7.51. The lowest BCUT2D eigenvalue weighted by molar-refractivity contribution is 0.252. The first kappa shape index (κ1) is 14.8. The Morgan fingerprint density at radius 1 is 1.13 bits per heavy atom. The molecule has 0 aliphatic rings. The largest absolute Gasteiger partial charge is 0.347 e. The van der Waals surface area contributed by atoms with Crippen LogP contribution in [0.4, 0.5) is 10.5 Å². The fraction of sp³-hybridized carbons (Fsp3) is 0.111. The molecule has 0 saturated heterocycles. The van der Waals surface area contributed by atoms with Gasteiger partial charge in [-0.05, 0) is 25.1 Å². The van der Waals surface area contributed by atoms with Crippen molar-refractivity contribution in [3.8, 4) is 0 Å². The van der Waals surface area contributed by atoms with Gasteiger partial charge in [-0.2, -0.15) is 5.10 Å². The average Bonchev–Trinajstić information content (AvgIpc) is 2.94. The highest BCUT2D eigenvalue weighted by Crippen LogP contribution is 2.19. The van der Waals surface area contributed by atoms with Crippen molar-refractivity contribution >= 4 is 28.8 Å². The number of nitrogens with zero attached hydrogens (tertiary/aromatic N) is 2. The smallest absolute Gasteiger partial charge is 0.339 e. The number of fused-ring (bicyclic) bond motifs is 1. The molecule has 0 radical (unpaired) electrons. The molecule has 0 aliphatic carbocycles. The summed E-state index contributed by atoms with van der Waals surface area (Å²) in [6.45, 7) is 2.98. The van der Waals surface area contributed by atoms with Gasteiger partial charge >= 0.3 is 6.03 Å². The Morgan fingerprint density at radius 2 is 1.87 bits per heavy atom. The Balaban J connectivity index is 1.70. The molecule has 0 fully saturated rings. The zero-order chi connectivity index (χ0) is 16.1. The summed E-state index contributed by atoms with van der Waals surface area (Å²) in [6, 6.07) is 17.0. The predicted octanol–water partition coefficient (Wildman–Crippen LogP) is 3.82. The molecule has 0 unspecified atom stereocenters. The molecule has 0 atom stereocenters. The van der Waals surface area contributed by atoms with E-state index in [4.69, 9.17) is 0 Å². The van der Waals surface area contributed by atoms with E-state index in [9.17, 15) is 4.79 Å². The van der Waals surface area contributed by atoms with Crippen LogP contribution in [0.2, 0.25) is 0 Å². The summed E-state index contributed by atoms with van der Waals surface area (Å²) in [4.78, 5) is 11.8. The maximum absolute atomic E-state index is 11.8. The van der Waals surface area contributed by atoms with Crippen molar-refractivity contribution < 1.29 is 4.79 Å². The Labute approximate surface area is 134 Å². The monoisotopic (exact) mass is 306 g/mol. The van der Waals surface area contributed by atoms with Crippen LogP contribution in [-0.4, -0.2) is 16.8 Å². The number of hydrazone groups is 1. The van der Waals surface area contributed by atoms with Gasteiger partial charge in [0.25, 0.3) is 0 Å². The van der Waals surface area contributed by atoms with Crippen molar-refractivity contribution in [2.45, 2.75) is 13.5 Å². The minimum atomic E-state index is -0.369. The number of aromatic nitrogens is 1. The van der Waals surface area contributed by atoms with Crippen LogP contribution in [0.25, 0.3) is 10.9 Å². The molecular formula is C18H18N4O. The summed E-state index contributed by atoms with van der Waals surface area (Å²) in [6.07, 6.45) is 3.70. The van der Waals surface area contributed by atoms with Crippen molar-refractivity contribution in [2.24, 2.45) is 5.10 Å². The van der Waals surface area contributed by atoms with Gasteiger partial charge in [0.2, 0.25) is 0 Å². The van der Waals surface area contributed by atoms with Crippen LogP contribution in [0.3, 0.4) is 0 Å². The molecule has 0 saturated carbocycles. The lowest BCUT2D eigenvalue weighted by Gasteiger charge is -2.02. The number of carbonyl (C=O) groups excluding carboxylic acids is 1. The first-order valence-corrected chi connectivity index (χ1v) is 7.51. The van der Waals surface area contributed by atoms with Crippen LogP contribution in [0.15, 0.2) is 65.9 Å². The average molecular weight is 306 g/mol. The van der Waals surface area contributed by atoms with E-state index in [1.165, 1.54) is 0 Å². The summed E-state index contributed by atoms with van der Waals surface area (Å²) in [5, 5.41) is 7.86. The number of urea groups is 1. The Bertz CT molecular complexity index is 837. The first-order chi connectivity index (χ1) is 11.3. The van der Waals surface area contributed by atoms with E-state index in [1.54, 1.807) is 6.21 Å². The van der Waals surface area contributed by atoms with Gasteiger partial charge in [0.1, 0.15) is 0 Å². The van der Waals surface area contributed by atoms with Crippen LogP contribution < -0.4 is 10.7 Å². The lowest BCUT2D eigenvalue weighted by atomic mass is 10.2. The van der Waals surface area contributed by atoms with Gasteiger partial charge in [0.15, 0.2) is 0 Å². The molecule has 2 amide bonds. The molecule has 23 heavy (non-hydrogen) atoms. The second kappa shape index (κ2) is 6.79. The third-order valence-corrected chi connectivity index (χ3v) is 3.56. The lowest BCUT2D eigenvalue weighted by Crippen LogP contribution is -2.24. The summed E-state index contributed by atoms with van der Waals surface area (Å²) < 4.78 is 2.15. The maximum atomic E-state index is 11.8. The highest BCUT2D eigenvalue weighted by Gasteiger charge is 2.05. The van der Waals surface area contributed by atoms with Crippen molar-refractivity contribution in [3.05, 3.63) is 66.4 Å². The number of hydrogen-bond donors (Lipinski definition) is 2. The van der Waals surface area contributed by atoms with Crippen molar-refractivity contribution in [3.63, 3.8) is 0 Å². The van der Waals surface area contributed by atoms with Crippen molar-refractivity contribution in [1.29, 1.82) is 0 Å². The van der Waals surface area contributed by atoms with E-state index >= 15 is 0 Å². The summed E-state index contributed by atoms with van der Waals surface area (Å²) in [5.74, 6) is 0. The molecule has 1 heterocycles. The van der Waals surface area contributed by atoms with E-state index < -0.39 is 0 Å². The van der Waals surface area contributed by atoms with Crippen LogP contribution >= 0.6 is 0 Å². The van der Waals surface area contributed by atoms with Gasteiger partial charge in [0, 0.05) is 34.9 Å². The Morgan fingerprint density at radius 3 is 2.65 bits per heavy atom. The second-order valence-electron chi connectivity index (χ2n) is 5.08. The number of carbonyl (C=O) groups is 1. The van der Waals surface area contributed by atoms with E-state index in [-0.39, 0.29) is 6.03 Å². The Hall–Kier alpha value is -3.08. The Kier molecular flexibility index (Phi) is 4.38. The fourth-order valence-electron chi connectivity index (χ4n) is 2.48. The van der Waals surface area contributed by atoms with Crippen molar-refractivity contribution in [2.75, 3.05) is 5.32 Å². The topological polar surface area (TPSA) is 58.4 Å². The summed E-state index contributed by atoms with van der Waals surface area (Å²) >= 11 is 0. The molecule has 0 bridgehead atoms. The molecule has 2 N–H and O–H groups in total. The fourth-order valence-corrected chi connectivity index (χ4v) is 2.48. The zero-order valence-electron chi connectivity index (χ0n) is 12.9. The quantitative estimate of drug-likeness (QED) is 0.559. The van der Waals surface area contributed by atoms with Gasteiger partial charge < -0.3 is 9.88 Å². The minimum Gasteiger partial charge on any atom is -0.347 e. The zero-order valence-corrected chi connectivity index (χ0v) is 12.9. The standard InChI is InChI=1S/C18H18N4O/c1-2-22-13-14(16-10-6-7-11-17(16)22)12-19-21-18(23)20-15-8-4-3-5-9-15/h3-13H,2H2,1H3,(H2,20,21,23)/b19-12+. The number of nitrogens with one attached hydrogen (secondary N) is 2. The summed E-state index contributed by atoms with van der Waals surface area (Å²) in [5.41, 5.74) is 5.34. The van der Waals surface area contributed by atoms with Crippen LogP contribution in [0.1, 0.15) is 12.5 Å². The molecule has 3 rings (SSSR count). The molecule has 5 nitrogen and oxygen atoms in total. The maximum Gasteiger partial charge on any atom is 0.339 e. The molecular weight excluding hydrogens is 288 g/mol. The molecule has 1 aromatic heterocycles.